The second kappa shape index (κ2) is 5.51. The summed E-state index contributed by atoms with van der Waals surface area (Å²) in [6.07, 6.45) is 1.19. The first kappa shape index (κ1) is 13.5. The van der Waals surface area contributed by atoms with Crippen LogP contribution in [0.2, 0.25) is 0 Å². The molecule has 7 nitrogen and oxygen atoms in total. The number of carbonyl (C=O) groups is 2. The molecule has 0 aromatic heterocycles. The first-order valence-corrected chi connectivity index (χ1v) is 6.85. The van der Waals surface area contributed by atoms with E-state index in [1.807, 2.05) is 0 Å². The minimum Gasteiger partial charge on any atom is -0.486 e. The number of anilines is 1. The van der Waals surface area contributed by atoms with Crippen molar-refractivity contribution in [2.24, 2.45) is 0 Å². The lowest BCUT2D eigenvalue weighted by molar-refractivity contribution is -0.141. The van der Waals surface area contributed by atoms with Crippen LogP contribution in [0.4, 0.5) is 10.5 Å². The van der Waals surface area contributed by atoms with Crippen molar-refractivity contribution in [3.63, 3.8) is 0 Å². The van der Waals surface area contributed by atoms with Gasteiger partial charge in [0.2, 0.25) is 0 Å². The summed E-state index contributed by atoms with van der Waals surface area (Å²) in [5.41, 5.74) is 0.556. The second-order valence-corrected chi connectivity index (χ2v) is 4.98. The van der Waals surface area contributed by atoms with Crippen LogP contribution in [0.3, 0.4) is 0 Å². The molecule has 2 aliphatic rings. The Bertz CT molecular complexity index is 574. The maximum Gasteiger partial charge on any atom is 0.326 e. The minimum absolute atomic E-state index is 0.406. The summed E-state index contributed by atoms with van der Waals surface area (Å²) in [4.78, 5) is 24.6. The Kier molecular flexibility index (Phi) is 3.55. The fraction of sp³-hybridized carbons (Fsp3) is 0.429. The van der Waals surface area contributed by atoms with Gasteiger partial charge < -0.3 is 24.8 Å². The van der Waals surface area contributed by atoms with Gasteiger partial charge in [-0.05, 0) is 25.0 Å². The lowest BCUT2D eigenvalue weighted by Crippen LogP contribution is -2.42. The van der Waals surface area contributed by atoms with Crippen molar-refractivity contribution in [2.45, 2.75) is 18.9 Å². The molecule has 1 aromatic rings. The number of hydrogen-bond acceptors (Lipinski definition) is 4. The highest BCUT2D eigenvalue weighted by atomic mass is 16.6. The Morgan fingerprint density at radius 3 is 2.76 bits per heavy atom. The molecule has 3 rings (SSSR count). The summed E-state index contributed by atoms with van der Waals surface area (Å²) < 4.78 is 10.9. The van der Waals surface area contributed by atoms with E-state index in [1.165, 1.54) is 4.90 Å². The molecule has 2 aliphatic heterocycles. The molecular formula is C14H16N2O5. The minimum atomic E-state index is -0.968. The summed E-state index contributed by atoms with van der Waals surface area (Å²) in [6, 6.07) is 3.96. The van der Waals surface area contributed by atoms with E-state index < -0.39 is 18.0 Å². The van der Waals surface area contributed by atoms with Gasteiger partial charge in [-0.25, -0.2) is 9.59 Å². The Morgan fingerprint density at radius 1 is 1.24 bits per heavy atom. The van der Waals surface area contributed by atoms with E-state index >= 15 is 0 Å². The molecule has 1 aromatic carbocycles. The highest BCUT2D eigenvalue weighted by Crippen LogP contribution is 2.32. The third-order valence-corrected chi connectivity index (χ3v) is 3.59. The quantitative estimate of drug-likeness (QED) is 0.863. The van der Waals surface area contributed by atoms with Gasteiger partial charge in [0.1, 0.15) is 19.3 Å². The SMILES string of the molecule is O=C(O)[C@H]1CCCN1C(=O)Nc1ccc2c(c1)OCCO2. The topological polar surface area (TPSA) is 88.1 Å². The monoisotopic (exact) mass is 292 g/mol. The molecule has 0 unspecified atom stereocenters. The van der Waals surface area contributed by atoms with Crippen molar-refractivity contribution in [3.05, 3.63) is 18.2 Å². The number of amides is 2. The van der Waals surface area contributed by atoms with Gasteiger partial charge in [0.25, 0.3) is 0 Å². The number of hydrogen-bond donors (Lipinski definition) is 2. The number of nitrogens with zero attached hydrogens (tertiary/aromatic N) is 1. The predicted molar refractivity (Wildman–Crippen MR) is 73.8 cm³/mol. The number of carboxylic acid groups (broad SMARTS) is 1. The van der Waals surface area contributed by atoms with E-state index in [9.17, 15) is 9.59 Å². The zero-order valence-corrected chi connectivity index (χ0v) is 11.4. The third-order valence-electron chi connectivity index (χ3n) is 3.59. The summed E-state index contributed by atoms with van der Waals surface area (Å²) in [6.45, 7) is 1.43. The van der Waals surface area contributed by atoms with Gasteiger partial charge in [0.15, 0.2) is 11.5 Å². The van der Waals surface area contributed by atoms with Gasteiger partial charge in [-0.15, -0.1) is 0 Å². The first-order chi connectivity index (χ1) is 10.1. The van der Waals surface area contributed by atoms with Crippen molar-refractivity contribution >= 4 is 17.7 Å². The molecule has 0 aliphatic carbocycles. The number of rotatable bonds is 2. The number of carboxylic acids is 1. The predicted octanol–water partition coefficient (Wildman–Crippen LogP) is 1.54. The molecular weight excluding hydrogens is 276 g/mol. The highest BCUT2D eigenvalue weighted by molar-refractivity contribution is 5.93. The van der Waals surface area contributed by atoms with Crippen molar-refractivity contribution < 1.29 is 24.2 Å². The molecule has 0 bridgehead atoms. The number of benzene rings is 1. The number of aliphatic carboxylic acids is 1. The van der Waals surface area contributed by atoms with Crippen molar-refractivity contribution in [1.29, 1.82) is 0 Å². The van der Waals surface area contributed by atoms with Crippen LogP contribution in [-0.2, 0) is 4.79 Å². The molecule has 21 heavy (non-hydrogen) atoms. The van der Waals surface area contributed by atoms with Crippen LogP contribution < -0.4 is 14.8 Å². The normalized spacial score (nSPS) is 20.2. The smallest absolute Gasteiger partial charge is 0.326 e. The molecule has 0 spiro atoms. The van der Waals surface area contributed by atoms with E-state index in [4.69, 9.17) is 14.6 Å². The van der Waals surface area contributed by atoms with Crippen LogP contribution in [0.25, 0.3) is 0 Å². The number of likely N-dealkylation sites (tertiary alicyclic amines) is 1. The van der Waals surface area contributed by atoms with E-state index in [1.54, 1.807) is 18.2 Å². The Balaban J connectivity index is 1.71. The van der Waals surface area contributed by atoms with E-state index in [-0.39, 0.29) is 0 Å². The average Bonchev–Trinajstić information content (AvgIpc) is 2.97. The number of carbonyl (C=O) groups excluding carboxylic acids is 1. The molecule has 1 atom stereocenters. The zero-order valence-electron chi connectivity index (χ0n) is 11.4. The Morgan fingerprint density at radius 2 is 2.00 bits per heavy atom. The molecule has 1 fully saturated rings. The number of fused-ring (bicyclic) bond motifs is 1. The maximum absolute atomic E-state index is 12.2. The third kappa shape index (κ3) is 2.72. The molecule has 2 N–H and O–H groups in total. The molecule has 1 saturated heterocycles. The zero-order chi connectivity index (χ0) is 14.8. The van der Waals surface area contributed by atoms with Crippen molar-refractivity contribution in [1.82, 2.24) is 4.90 Å². The number of ether oxygens (including phenoxy) is 2. The lowest BCUT2D eigenvalue weighted by Gasteiger charge is -2.23. The van der Waals surface area contributed by atoms with Crippen LogP contribution in [-0.4, -0.2) is 47.8 Å². The van der Waals surface area contributed by atoms with E-state index in [0.29, 0.717) is 49.8 Å². The van der Waals surface area contributed by atoms with Gasteiger partial charge in [-0.1, -0.05) is 0 Å². The fourth-order valence-electron chi connectivity index (χ4n) is 2.58. The lowest BCUT2D eigenvalue weighted by atomic mass is 10.2. The largest absolute Gasteiger partial charge is 0.486 e. The molecule has 0 radical (unpaired) electrons. The molecule has 112 valence electrons. The summed E-state index contributed by atoms with van der Waals surface area (Å²) >= 11 is 0. The number of nitrogens with one attached hydrogen (secondary N) is 1. The highest BCUT2D eigenvalue weighted by Gasteiger charge is 2.34. The molecule has 0 saturated carbocycles. The van der Waals surface area contributed by atoms with Crippen molar-refractivity contribution in [3.8, 4) is 11.5 Å². The number of urea groups is 1. The molecule has 2 heterocycles. The fourth-order valence-corrected chi connectivity index (χ4v) is 2.58. The Hall–Kier alpha value is -2.44. The summed E-state index contributed by atoms with van der Waals surface area (Å²) in [5.74, 6) is 0.254. The molecule has 2 amide bonds. The Labute approximate surface area is 121 Å². The van der Waals surface area contributed by atoms with Crippen LogP contribution in [0.15, 0.2) is 18.2 Å². The van der Waals surface area contributed by atoms with Gasteiger partial charge in [-0.3, -0.25) is 0 Å². The van der Waals surface area contributed by atoms with Crippen LogP contribution in [0, 0.1) is 0 Å². The van der Waals surface area contributed by atoms with Gasteiger partial charge in [-0.2, -0.15) is 0 Å². The van der Waals surface area contributed by atoms with E-state index in [0.717, 1.165) is 0 Å². The summed E-state index contributed by atoms with van der Waals surface area (Å²) in [7, 11) is 0. The van der Waals surface area contributed by atoms with E-state index in [2.05, 4.69) is 5.32 Å². The van der Waals surface area contributed by atoms with Crippen molar-refractivity contribution in [2.75, 3.05) is 25.1 Å². The molecule has 7 heteroatoms. The summed E-state index contributed by atoms with van der Waals surface area (Å²) in [5, 5.41) is 11.8. The maximum atomic E-state index is 12.2. The first-order valence-electron chi connectivity index (χ1n) is 6.85. The van der Waals surface area contributed by atoms with Gasteiger partial charge in [0, 0.05) is 18.3 Å². The van der Waals surface area contributed by atoms with Crippen LogP contribution >= 0.6 is 0 Å². The van der Waals surface area contributed by atoms with Gasteiger partial charge in [0.05, 0.1) is 0 Å². The van der Waals surface area contributed by atoms with Crippen LogP contribution in [0.1, 0.15) is 12.8 Å². The van der Waals surface area contributed by atoms with Gasteiger partial charge >= 0.3 is 12.0 Å². The van der Waals surface area contributed by atoms with Crippen LogP contribution in [0.5, 0.6) is 11.5 Å². The standard InChI is InChI=1S/C14H16N2O5/c17-13(18)10-2-1-5-16(10)14(19)15-9-3-4-11-12(8-9)21-7-6-20-11/h3-4,8,10H,1-2,5-7H2,(H,15,19)(H,17,18)/t10-/m1/s1. The average molecular weight is 292 g/mol. The second-order valence-electron chi connectivity index (χ2n) is 4.98.